The van der Waals surface area contributed by atoms with Crippen molar-refractivity contribution in [3.05, 3.63) is 47.0 Å². The Bertz CT molecular complexity index is 778. The fourth-order valence-electron chi connectivity index (χ4n) is 2.23. The van der Waals surface area contributed by atoms with Crippen LogP contribution in [0.4, 0.5) is 13.2 Å². The van der Waals surface area contributed by atoms with E-state index >= 15 is 0 Å². The van der Waals surface area contributed by atoms with Crippen LogP contribution in [0.25, 0.3) is 11.1 Å². The molecule has 25 heavy (non-hydrogen) atoms. The van der Waals surface area contributed by atoms with Gasteiger partial charge in [-0.3, -0.25) is 0 Å². The first-order chi connectivity index (χ1) is 11.7. The molecule has 0 unspecified atom stereocenters. The number of hydrogen-bond donors (Lipinski definition) is 1. The molecule has 0 aliphatic carbocycles. The average Bonchev–Trinajstić information content (AvgIpc) is 2.53. The Balaban J connectivity index is 2.60. The molecule has 0 fully saturated rings. The van der Waals surface area contributed by atoms with Gasteiger partial charge in [0.25, 0.3) is 0 Å². The van der Waals surface area contributed by atoms with Gasteiger partial charge in [-0.15, -0.1) is 11.8 Å². The fraction of sp³-hybridized carbons (Fsp3) is 0.235. The predicted octanol–water partition coefficient (Wildman–Crippen LogP) is 5.60. The number of aliphatic carboxylic acids is 1. The van der Waals surface area contributed by atoms with Crippen molar-refractivity contribution in [1.29, 1.82) is 0 Å². The SMILES string of the molecule is CCSc1ccc(-c2cc(Cl)ccc2OCC(=O)O)c(C(F)(F)F)c1. The van der Waals surface area contributed by atoms with Crippen LogP contribution in [-0.4, -0.2) is 23.4 Å². The highest BCUT2D eigenvalue weighted by Crippen LogP contribution is 2.42. The molecule has 0 aromatic heterocycles. The molecule has 134 valence electrons. The van der Waals surface area contributed by atoms with Crippen LogP contribution < -0.4 is 4.74 Å². The largest absolute Gasteiger partial charge is 0.481 e. The maximum atomic E-state index is 13.5. The first kappa shape index (κ1) is 19.5. The molecule has 0 atom stereocenters. The molecule has 0 saturated heterocycles. The fourth-order valence-corrected chi connectivity index (χ4v) is 3.10. The van der Waals surface area contributed by atoms with Gasteiger partial charge >= 0.3 is 12.1 Å². The third-order valence-corrected chi connectivity index (χ3v) is 4.30. The van der Waals surface area contributed by atoms with Crippen LogP contribution in [-0.2, 0) is 11.0 Å². The van der Waals surface area contributed by atoms with Crippen molar-refractivity contribution in [3.8, 4) is 16.9 Å². The molecule has 0 spiro atoms. The summed E-state index contributed by atoms with van der Waals surface area (Å²) in [7, 11) is 0. The second kappa shape index (κ2) is 8.01. The summed E-state index contributed by atoms with van der Waals surface area (Å²) in [4.78, 5) is 11.2. The maximum Gasteiger partial charge on any atom is 0.417 e. The van der Waals surface area contributed by atoms with E-state index in [0.29, 0.717) is 10.6 Å². The molecule has 8 heteroatoms. The number of carboxylic acid groups (broad SMARTS) is 1. The molecular weight excluding hydrogens is 377 g/mol. The van der Waals surface area contributed by atoms with Gasteiger partial charge in [0.05, 0.1) is 5.56 Å². The molecule has 2 rings (SSSR count). The van der Waals surface area contributed by atoms with Crippen LogP contribution in [0, 0.1) is 0 Å². The molecule has 0 aliphatic heterocycles. The summed E-state index contributed by atoms with van der Waals surface area (Å²) in [5.74, 6) is -0.569. The molecule has 0 radical (unpaired) electrons. The monoisotopic (exact) mass is 390 g/mol. The summed E-state index contributed by atoms with van der Waals surface area (Å²) in [6, 6.07) is 8.12. The van der Waals surface area contributed by atoms with Gasteiger partial charge in [0.1, 0.15) is 5.75 Å². The number of carbonyl (C=O) groups is 1. The van der Waals surface area contributed by atoms with E-state index in [1.54, 1.807) is 6.07 Å². The molecule has 0 saturated carbocycles. The standard InChI is InChI=1S/C17H14ClF3O3S/c1-2-25-11-4-5-12(14(8-11)17(19,20)21)13-7-10(18)3-6-15(13)24-9-16(22)23/h3-8H,2,9H2,1H3,(H,22,23). The van der Waals surface area contributed by atoms with Crippen molar-refractivity contribution in [2.24, 2.45) is 0 Å². The van der Waals surface area contributed by atoms with Crippen molar-refractivity contribution in [1.82, 2.24) is 0 Å². The summed E-state index contributed by atoms with van der Waals surface area (Å²) in [6.07, 6.45) is -4.58. The highest BCUT2D eigenvalue weighted by Gasteiger charge is 2.34. The third kappa shape index (κ3) is 5.06. The third-order valence-electron chi connectivity index (χ3n) is 3.19. The van der Waals surface area contributed by atoms with Gasteiger partial charge in [0.15, 0.2) is 6.61 Å². The smallest absolute Gasteiger partial charge is 0.417 e. The van der Waals surface area contributed by atoms with Crippen molar-refractivity contribution in [2.75, 3.05) is 12.4 Å². The van der Waals surface area contributed by atoms with Gasteiger partial charge < -0.3 is 9.84 Å². The number of halogens is 4. The molecule has 0 aliphatic rings. The van der Waals surface area contributed by atoms with E-state index in [9.17, 15) is 18.0 Å². The lowest BCUT2D eigenvalue weighted by molar-refractivity contribution is -0.139. The molecule has 1 N–H and O–H groups in total. The van der Waals surface area contributed by atoms with E-state index in [1.165, 1.54) is 36.0 Å². The van der Waals surface area contributed by atoms with Crippen LogP contribution in [0.3, 0.4) is 0 Å². The number of alkyl halides is 3. The minimum Gasteiger partial charge on any atom is -0.481 e. The van der Waals surface area contributed by atoms with Crippen LogP contribution >= 0.6 is 23.4 Å². The number of hydrogen-bond acceptors (Lipinski definition) is 3. The Hall–Kier alpha value is -1.86. The van der Waals surface area contributed by atoms with E-state index < -0.39 is 24.3 Å². The summed E-state index contributed by atoms with van der Waals surface area (Å²) in [6.45, 7) is 1.18. The van der Waals surface area contributed by atoms with Crippen LogP contribution in [0.15, 0.2) is 41.3 Å². The summed E-state index contributed by atoms with van der Waals surface area (Å²) in [5.41, 5.74) is -0.849. The lowest BCUT2D eigenvalue weighted by atomic mass is 9.98. The van der Waals surface area contributed by atoms with Crippen molar-refractivity contribution >= 4 is 29.3 Å². The Morgan fingerprint density at radius 2 is 1.92 bits per heavy atom. The minimum absolute atomic E-state index is 0.0215. The quantitative estimate of drug-likeness (QED) is 0.652. The second-order valence-electron chi connectivity index (χ2n) is 4.96. The molecular formula is C17H14ClF3O3S. The Kier molecular flexibility index (Phi) is 6.24. The summed E-state index contributed by atoms with van der Waals surface area (Å²) in [5, 5.41) is 8.96. The number of benzene rings is 2. The zero-order valence-corrected chi connectivity index (χ0v) is 14.6. The van der Waals surface area contributed by atoms with E-state index in [0.717, 1.165) is 6.07 Å². The van der Waals surface area contributed by atoms with Gasteiger partial charge in [0, 0.05) is 15.5 Å². The zero-order valence-electron chi connectivity index (χ0n) is 13.1. The molecule has 0 amide bonds. The minimum atomic E-state index is -4.58. The van der Waals surface area contributed by atoms with Crippen molar-refractivity contribution < 1.29 is 27.8 Å². The normalized spacial score (nSPS) is 11.4. The average molecular weight is 391 g/mol. The zero-order chi connectivity index (χ0) is 18.6. The van der Waals surface area contributed by atoms with Crippen LogP contribution in [0.2, 0.25) is 5.02 Å². The highest BCUT2D eigenvalue weighted by molar-refractivity contribution is 7.99. The number of ether oxygens (including phenoxy) is 1. The Morgan fingerprint density at radius 3 is 2.52 bits per heavy atom. The Morgan fingerprint density at radius 1 is 1.20 bits per heavy atom. The number of rotatable bonds is 6. The van der Waals surface area contributed by atoms with Gasteiger partial charge in [-0.25, -0.2) is 4.79 Å². The molecule has 3 nitrogen and oxygen atoms in total. The summed E-state index contributed by atoms with van der Waals surface area (Å²) >= 11 is 7.22. The Labute approximate surface area is 151 Å². The van der Waals surface area contributed by atoms with Crippen molar-refractivity contribution in [2.45, 2.75) is 18.0 Å². The van der Waals surface area contributed by atoms with Crippen molar-refractivity contribution in [3.63, 3.8) is 0 Å². The van der Waals surface area contributed by atoms with Gasteiger partial charge in [-0.1, -0.05) is 24.6 Å². The van der Waals surface area contributed by atoms with Crippen LogP contribution in [0.1, 0.15) is 12.5 Å². The lowest BCUT2D eigenvalue weighted by Gasteiger charge is -2.17. The molecule has 0 heterocycles. The molecule has 2 aromatic carbocycles. The predicted molar refractivity (Wildman–Crippen MR) is 91.4 cm³/mol. The molecule has 0 bridgehead atoms. The maximum absolute atomic E-state index is 13.5. The van der Waals surface area contributed by atoms with E-state index in [2.05, 4.69) is 0 Å². The van der Waals surface area contributed by atoms with Gasteiger partial charge in [-0.05, 0) is 41.6 Å². The lowest BCUT2D eigenvalue weighted by Crippen LogP contribution is -2.11. The van der Waals surface area contributed by atoms with Gasteiger partial charge in [-0.2, -0.15) is 13.2 Å². The van der Waals surface area contributed by atoms with E-state index in [4.69, 9.17) is 21.4 Å². The summed E-state index contributed by atoms with van der Waals surface area (Å²) < 4.78 is 45.7. The second-order valence-corrected chi connectivity index (χ2v) is 6.73. The van der Waals surface area contributed by atoms with E-state index in [-0.39, 0.29) is 21.9 Å². The first-order valence-electron chi connectivity index (χ1n) is 7.21. The topological polar surface area (TPSA) is 46.5 Å². The number of carboxylic acids is 1. The number of thioether (sulfide) groups is 1. The van der Waals surface area contributed by atoms with Gasteiger partial charge in [0.2, 0.25) is 0 Å². The molecule has 2 aromatic rings. The van der Waals surface area contributed by atoms with Crippen LogP contribution in [0.5, 0.6) is 5.75 Å². The highest BCUT2D eigenvalue weighted by atomic mass is 35.5. The van der Waals surface area contributed by atoms with E-state index in [1.807, 2.05) is 6.92 Å². The first-order valence-corrected chi connectivity index (χ1v) is 8.57.